The summed E-state index contributed by atoms with van der Waals surface area (Å²) in [7, 11) is 0. The van der Waals surface area contributed by atoms with Crippen LogP contribution in [0.1, 0.15) is 31.9 Å². The molecule has 20 heavy (non-hydrogen) atoms. The van der Waals surface area contributed by atoms with E-state index in [0.29, 0.717) is 13.0 Å². The Morgan fingerprint density at radius 3 is 2.65 bits per heavy atom. The fourth-order valence-corrected chi connectivity index (χ4v) is 2.37. The van der Waals surface area contributed by atoms with E-state index in [0.717, 1.165) is 24.3 Å². The first-order valence-electron chi connectivity index (χ1n) is 6.66. The van der Waals surface area contributed by atoms with Gasteiger partial charge in [-0.05, 0) is 19.9 Å². The second-order valence-corrected chi connectivity index (χ2v) is 4.54. The lowest BCUT2D eigenvalue weighted by atomic mass is 10.0. The average Bonchev–Trinajstić information content (AvgIpc) is 2.40. The molecular weight excluding hydrogens is 280 g/mol. The van der Waals surface area contributed by atoms with Crippen LogP contribution in [0.5, 0.6) is 5.75 Å². The van der Waals surface area contributed by atoms with Crippen LogP contribution in [-0.4, -0.2) is 30.9 Å². The lowest BCUT2D eigenvalue weighted by molar-refractivity contribution is 0.115. The third-order valence-corrected chi connectivity index (χ3v) is 3.45. The molecule has 2 rings (SSSR count). The van der Waals surface area contributed by atoms with E-state index in [4.69, 9.17) is 4.74 Å². The molecule has 2 N–H and O–H groups in total. The Morgan fingerprint density at radius 1 is 1.40 bits per heavy atom. The molecule has 0 aliphatic carbocycles. The van der Waals surface area contributed by atoms with E-state index in [9.17, 15) is 9.90 Å². The highest BCUT2D eigenvalue weighted by Gasteiger charge is 2.23. The van der Waals surface area contributed by atoms with Gasteiger partial charge in [0.25, 0.3) is 0 Å². The summed E-state index contributed by atoms with van der Waals surface area (Å²) < 4.78 is 4.83. The average molecular weight is 301 g/mol. The van der Waals surface area contributed by atoms with Crippen molar-refractivity contribution in [2.24, 2.45) is 0 Å². The predicted molar refractivity (Wildman–Crippen MR) is 80.8 cm³/mol. The summed E-state index contributed by atoms with van der Waals surface area (Å²) >= 11 is 0. The number of hydrogen-bond acceptors (Lipinski definition) is 4. The Bertz CT molecular complexity index is 464. The van der Waals surface area contributed by atoms with E-state index in [2.05, 4.69) is 24.1 Å². The van der Waals surface area contributed by atoms with Crippen molar-refractivity contribution >= 4 is 24.2 Å². The molecule has 1 fully saturated rings. The molecule has 0 aromatic heterocycles. The van der Waals surface area contributed by atoms with Crippen molar-refractivity contribution in [1.29, 1.82) is 0 Å². The van der Waals surface area contributed by atoms with Crippen molar-refractivity contribution in [2.45, 2.75) is 26.3 Å². The summed E-state index contributed by atoms with van der Waals surface area (Å²) in [6.45, 7) is 6.32. The number of halogens is 1. The number of carbonyl (C=O) groups is 1. The van der Waals surface area contributed by atoms with Crippen LogP contribution < -0.4 is 10.2 Å². The molecule has 1 saturated heterocycles. The maximum atomic E-state index is 11.2. The molecule has 0 saturated carbocycles. The molecule has 1 aromatic rings. The molecule has 1 aromatic carbocycles. The van der Waals surface area contributed by atoms with Gasteiger partial charge in [0.05, 0.1) is 12.6 Å². The zero-order valence-electron chi connectivity index (χ0n) is 11.8. The third kappa shape index (κ3) is 3.48. The molecule has 1 heterocycles. The van der Waals surface area contributed by atoms with Crippen LogP contribution in [0, 0.1) is 0 Å². The van der Waals surface area contributed by atoms with Gasteiger partial charge in [-0.1, -0.05) is 6.07 Å². The molecule has 0 radical (unpaired) electrons. The second kappa shape index (κ2) is 7.24. The van der Waals surface area contributed by atoms with Gasteiger partial charge in [0, 0.05) is 36.8 Å². The van der Waals surface area contributed by atoms with Crippen molar-refractivity contribution in [2.75, 3.05) is 24.6 Å². The molecule has 6 heteroatoms. The summed E-state index contributed by atoms with van der Waals surface area (Å²) in [6.07, 6.45) is 0.243. The normalized spacial score (nSPS) is 17.7. The third-order valence-electron chi connectivity index (χ3n) is 3.45. The maximum Gasteiger partial charge on any atom is 0.407 e. The Morgan fingerprint density at radius 2 is 2.10 bits per heavy atom. The van der Waals surface area contributed by atoms with E-state index in [-0.39, 0.29) is 24.2 Å². The van der Waals surface area contributed by atoms with Crippen LogP contribution >= 0.6 is 12.4 Å². The summed E-state index contributed by atoms with van der Waals surface area (Å²) in [6, 6.07) is 5.43. The van der Waals surface area contributed by atoms with Gasteiger partial charge in [-0.2, -0.15) is 0 Å². The number of aromatic hydroxyl groups is 1. The number of alkyl carbamates (subject to hydrolysis) is 1. The summed E-state index contributed by atoms with van der Waals surface area (Å²) in [5.41, 5.74) is 1.73. The first kappa shape index (κ1) is 16.4. The van der Waals surface area contributed by atoms with Gasteiger partial charge < -0.3 is 20.1 Å². The first-order valence-corrected chi connectivity index (χ1v) is 6.66. The fourth-order valence-electron chi connectivity index (χ4n) is 2.37. The quantitative estimate of drug-likeness (QED) is 0.897. The number of benzene rings is 1. The first-order chi connectivity index (χ1) is 9.15. The minimum atomic E-state index is -0.427. The summed E-state index contributed by atoms with van der Waals surface area (Å²) in [5.74, 6) is 0.219. The van der Waals surface area contributed by atoms with Crippen LogP contribution in [0.15, 0.2) is 18.2 Å². The summed E-state index contributed by atoms with van der Waals surface area (Å²) in [4.78, 5) is 13.4. The van der Waals surface area contributed by atoms with E-state index < -0.39 is 6.09 Å². The number of cyclic esters (lactones) is 1. The van der Waals surface area contributed by atoms with Crippen LogP contribution in [0.2, 0.25) is 0 Å². The van der Waals surface area contributed by atoms with E-state index in [1.54, 1.807) is 6.07 Å². The number of ether oxygens (including phenoxy) is 1. The Hall–Kier alpha value is -1.62. The minimum absolute atomic E-state index is 0. The highest BCUT2D eigenvalue weighted by Crippen LogP contribution is 2.31. The van der Waals surface area contributed by atoms with Gasteiger partial charge in [-0.3, -0.25) is 0 Å². The number of rotatable bonds is 4. The Balaban J connectivity index is 0.00000200. The van der Waals surface area contributed by atoms with Crippen molar-refractivity contribution in [3.8, 4) is 5.75 Å². The molecule has 112 valence electrons. The lowest BCUT2D eigenvalue weighted by Crippen LogP contribution is -2.35. The van der Waals surface area contributed by atoms with Gasteiger partial charge in [0.1, 0.15) is 5.75 Å². The van der Waals surface area contributed by atoms with Crippen molar-refractivity contribution < 1.29 is 14.6 Å². The van der Waals surface area contributed by atoms with Crippen LogP contribution in [0.4, 0.5) is 10.5 Å². The highest BCUT2D eigenvalue weighted by atomic mass is 35.5. The van der Waals surface area contributed by atoms with E-state index >= 15 is 0 Å². The Labute approximate surface area is 125 Å². The number of phenols is 1. The fraction of sp³-hybridized carbons (Fsp3) is 0.500. The van der Waals surface area contributed by atoms with Gasteiger partial charge in [-0.25, -0.2) is 4.79 Å². The van der Waals surface area contributed by atoms with Crippen LogP contribution in [0.3, 0.4) is 0 Å². The maximum absolute atomic E-state index is 11.2. The van der Waals surface area contributed by atoms with Crippen LogP contribution in [0.25, 0.3) is 0 Å². The van der Waals surface area contributed by atoms with Gasteiger partial charge in [0.15, 0.2) is 0 Å². The van der Waals surface area contributed by atoms with Crippen molar-refractivity contribution in [3.63, 3.8) is 0 Å². The molecule has 0 spiro atoms. The summed E-state index contributed by atoms with van der Waals surface area (Å²) in [5, 5.41) is 12.9. The number of hydrogen-bond donors (Lipinski definition) is 2. The Kier molecular flexibility index (Phi) is 5.95. The molecule has 1 aliphatic heterocycles. The standard InChI is InChI=1S/C14H20N2O3.ClH/c1-3-16(4-2)10-5-6-11(13(17)9-10)12-7-8-19-14(18)15-12;/h5-6,9,12,17H,3-4,7-8H2,1-2H3,(H,15,18);1H/t12-;/m0./s1. The number of nitrogens with one attached hydrogen (secondary N) is 1. The number of anilines is 1. The minimum Gasteiger partial charge on any atom is -0.508 e. The molecular formula is C14H21ClN2O3. The molecule has 1 amide bonds. The van der Waals surface area contributed by atoms with Crippen molar-refractivity contribution in [3.05, 3.63) is 23.8 Å². The van der Waals surface area contributed by atoms with E-state index in [1.165, 1.54) is 0 Å². The zero-order chi connectivity index (χ0) is 13.8. The molecule has 0 bridgehead atoms. The molecule has 1 atom stereocenters. The second-order valence-electron chi connectivity index (χ2n) is 4.54. The van der Waals surface area contributed by atoms with Crippen LogP contribution in [-0.2, 0) is 4.74 Å². The lowest BCUT2D eigenvalue weighted by Gasteiger charge is -2.26. The molecule has 0 unspecified atom stereocenters. The highest BCUT2D eigenvalue weighted by molar-refractivity contribution is 5.85. The number of carbonyl (C=O) groups excluding carboxylic acids is 1. The van der Waals surface area contributed by atoms with Crippen molar-refractivity contribution in [1.82, 2.24) is 5.32 Å². The van der Waals surface area contributed by atoms with Gasteiger partial charge in [0.2, 0.25) is 0 Å². The topological polar surface area (TPSA) is 61.8 Å². The number of amides is 1. The van der Waals surface area contributed by atoms with Gasteiger partial charge in [-0.15, -0.1) is 12.4 Å². The number of phenolic OH excluding ortho intramolecular Hbond substituents is 1. The monoisotopic (exact) mass is 300 g/mol. The predicted octanol–water partition coefficient (Wildman–Crippen LogP) is 2.83. The zero-order valence-corrected chi connectivity index (χ0v) is 12.6. The molecule has 5 nitrogen and oxygen atoms in total. The SMILES string of the molecule is CCN(CC)c1ccc([C@@H]2CCOC(=O)N2)c(O)c1.Cl. The smallest absolute Gasteiger partial charge is 0.407 e. The molecule has 1 aliphatic rings. The number of nitrogens with zero attached hydrogens (tertiary/aromatic N) is 1. The van der Waals surface area contributed by atoms with Gasteiger partial charge >= 0.3 is 6.09 Å². The van der Waals surface area contributed by atoms with E-state index in [1.807, 2.05) is 12.1 Å². The largest absolute Gasteiger partial charge is 0.508 e.